The number of ether oxygens (including phenoxy) is 3. The summed E-state index contributed by atoms with van der Waals surface area (Å²) in [6, 6.07) is 3.74. The molecule has 33 heavy (non-hydrogen) atoms. The van der Waals surface area contributed by atoms with Gasteiger partial charge < -0.3 is 19.5 Å². The van der Waals surface area contributed by atoms with Crippen LogP contribution in [0.3, 0.4) is 0 Å². The molecule has 3 aliphatic rings. The van der Waals surface area contributed by atoms with Crippen LogP contribution >= 0.6 is 31.9 Å². The molecule has 1 saturated heterocycles. The first-order valence-electron chi connectivity index (χ1n) is 10.5. The Labute approximate surface area is 207 Å². The first kappa shape index (κ1) is 24.0. The fourth-order valence-corrected chi connectivity index (χ4v) is 7.08. The molecule has 0 spiro atoms. The van der Waals surface area contributed by atoms with E-state index in [1.165, 1.54) is 21.1 Å². The Hall–Kier alpha value is -2.14. The molecule has 4 rings (SSSR count). The van der Waals surface area contributed by atoms with Crippen molar-refractivity contribution in [3.05, 3.63) is 18.2 Å². The van der Waals surface area contributed by atoms with Crippen molar-refractivity contribution in [1.29, 1.82) is 0 Å². The van der Waals surface area contributed by atoms with E-state index in [1.807, 2.05) is 0 Å². The van der Waals surface area contributed by atoms with Gasteiger partial charge in [0, 0.05) is 15.7 Å². The Morgan fingerprint density at radius 3 is 2.24 bits per heavy atom. The van der Waals surface area contributed by atoms with Crippen molar-refractivity contribution >= 4 is 61.2 Å². The lowest BCUT2D eigenvalue weighted by Crippen LogP contribution is -2.45. The molecular formula is C22H24Br2N2O7. The molecule has 11 heteroatoms. The minimum atomic E-state index is -1.11. The molecule has 1 aliphatic heterocycles. The van der Waals surface area contributed by atoms with Gasteiger partial charge in [-0.05, 0) is 37.3 Å². The average Bonchev–Trinajstić information content (AvgIpc) is 3.42. The Bertz CT molecular complexity index is 971. The molecule has 0 radical (unpaired) electrons. The quantitative estimate of drug-likeness (QED) is 0.296. The maximum absolute atomic E-state index is 13.0. The van der Waals surface area contributed by atoms with Gasteiger partial charge >= 0.3 is 5.97 Å². The molecule has 3 fully saturated rings. The Kier molecular flexibility index (Phi) is 6.73. The van der Waals surface area contributed by atoms with E-state index >= 15 is 0 Å². The molecular weight excluding hydrogens is 564 g/mol. The molecule has 3 amide bonds. The summed E-state index contributed by atoms with van der Waals surface area (Å²) in [6.45, 7) is 0.877. The second-order valence-corrected chi connectivity index (χ2v) is 10.6. The van der Waals surface area contributed by atoms with Crippen LogP contribution in [0.5, 0.6) is 11.5 Å². The molecule has 2 aliphatic carbocycles. The van der Waals surface area contributed by atoms with Gasteiger partial charge in [-0.2, -0.15) is 0 Å². The van der Waals surface area contributed by atoms with Gasteiger partial charge in [0.2, 0.25) is 11.8 Å². The van der Waals surface area contributed by atoms with Crippen LogP contribution in [-0.4, -0.2) is 65.1 Å². The van der Waals surface area contributed by atoms with Gasteiger partial charge in [-0.15, -0.1) is 0 Å². The second kappa shape index (κ2) is 9.25. The monoisotopic (exact) mass is 586 g/mol. The third-order valence-corrected chi connectivity index (χ3v) is 9.98. The summed E-state index contributed by atoms with van der Waals surface area (Å²) < 4.78 is 15.5. The van der Waals surface area contributed by atoms with Gasteiger partial charge in [0.05, 0.1) is 31.7 Å². The highest BCUT2D eigenvalue weighted by Crippen LogP contribution is 2.60. The number of benzene rings is 1. The normalized spacial score (nSPS) is 30.8. The summed E-state index contributed by atoms with van der Waals surface area (Å²) in [5.74, 6) is -1.85. The number of carbonyl (C=O) groups is 4. The second-order valence-electron chi connectivity index (χ2n) is 8.45. The summed E-state index contributed by atoms with van der Waals surface area (Å²) in [6.07, 6.45) is 0.806. The Morgan fingerprint density at radius 1 is 1.09 bits per heavy atom. The summed E-state index contributed by atoms with van der Waals surface area (Å²) >= 11 is 7.27. The van der Waals surface area contributed by atoms with Crippen LogP contribution in [0.4, 0.5) is 5.69 Å². The smallest absolute Gasteiger partial charge is 0.329 e. The highest BCUT2D eigenvalue weighted by Gasteiger charge is 2.67. The molecule has 1 heterocycles. The third-order valence-electron chi connectivity index (χ3n) is 6.78. The number of nitrogens with one attached hydrogen (secondary N) is 1. The zero-order valence-corrected chi connectivity index (χ0v) is 21.4. The van der Waals surface area contributed by atoms with Crippen LogP contribution in [0.2, 0.25) is 0 Å². The van der Waals surface area contributed by atoms with Gasteiger partial charge in [-0.25, -0.2) is 4.79 Å². The minimum Gasteiger partial charge on any atom is -0.497 e. The van der Waals surface area contributed by atoms with Gasteiger partial charge in [-0.1, -0.05) is 31.9 Å². The minimum absolute atomic E-state index is 0.0549. The molecule has 7 atom stereocenters. The number of nitrogens with zero attached hydrogens (tertiary/aromatic N) is 1. The number of anilines is 1. The molecule has 2 bridgehead atoms. The van der Waals surface area contributed by atoms with E-state index in [-0.39, 0.29) is 33.3 Å². The molecule has 0 unspecified atom stereocenters. The highest BCUT2D eigenvalue weighted by molar-refractivity contribution is 9.12. The van der Waals surface area contributed by atoms with Crippen LogP contribution < -0.4 is 14.8 Å². The number of carbonyl (C=O) groups excluding carboxylic acids is 4. The van der Waals surface area contributed by atoms with Crippen LogP contribution in [0.25, 0.3) is 0 Å². The molecule has 2 saturated carbocycles. The van der Waals surface area contributed by atoms with E-state index < -0.39 is 36.4 Å². The van der Waals surface area contributed by atoms with E-state index in [0.717, 1.165) is 11.3 Å². The van der Waals surface area contributed by atoms with Crippen molar-refractivity contribution in [3.63, 3.8) is 0 Å². The van der Waals surface area contributed by atoms with E-state index in [4.69, 9.17) is 14.2 Å². The number of hydrogen-bond acceptors (Lipinski definition) is 7. The summed E-state index contributed by atoms with van der Waals surface area (Å²) in [4.78, 5) is 52.2. The van der Waals surface area contributed by atoms with Crippen molar-refractivity contribution in [1.82, 2.24) is 4.90 Å². The molecule has 1 aromatic rings. The van der Waals surface area contributed by atoms with Crippen LogP contribution in [-0.2, 0) is 23.9 Å². The van der Waals surface area contributed by atoms with Gasteiger partial charge in [-0.3, -0.25) is 19.3 Å². The first-order chi connectivity index (χ1) is 15.7. The third kappa shape index (κ3) is 4.03. The van der Waals surface area contributed by atoms with Crippen LogP contribution in [0.15, 0.2) is 18.2 Å². The number of rotatable bonds is 7. The molecule has 0 aromatic heterocycles. The van der Waals surface area contributed by atoms with Crippen molar-refractivity contribution in [2.75, 3.05) is 26.1 Å². The SMILES string of the molecule is COc1ccc(NC(=O)COC(=O)[C@H](C)N2C(=O)[C@@H]3[C@H]4C[C@@H]([C@@H](Br)[C@H]4Br)[C@H]3C2=O)c(OC)c1. The van der Waals surface area contributed by atoms with Crippen molar-refractivity contribution in [2.24, 2.45) is 23.7 Å². The Morgan fingerprint density at radius 2 is 1.70 bits per heavy atom. The number of methoxy groups -OCH3 is 2. The summed E-state index contributed by atoms with van der Waals surface area (Å²) in [5.41, 5.74) is 0.384. The number of halogens is 2. The summed E-state index contributed by atoms with van der Waals surface area (Å²) in [5, 5.41) is 2.60. The number of hydrogen-bond donors (Lipinski definition) is 1. The van der Waals surface area contributed by atoms with E-state index in [9.17, 15) is 19.2 Å². The molecule has 9 nitrogen and oxygen atoms in total. The molecule has 178 valence electrons. The fourth-order valence-electron chi connectivity index (χ4n) is 5.20. The number of amides is 3. The van der Waals surface area contributed by atoms with Gasteiger partial charge in [0.25, 0.3) is 5.91 Å². The zero-order valence-electron chi connectivity index (χ0n) is 18.2. The lowest BCUT2D eigenvalue weighted by atomic mass is 9.81. The largest absolute Gasteiger partial charge is 0.497 e. The van der Waals surface area contributed by atoms with Crippen LogP contribution in [0, 0.1) is 23.7 Å². The maximum Gasteiger partial charge on any atom is 0.329 e. The topological polar surface area (TPSA) is 111 Å². The number of imide groups is 1. The number of likely N-dealkylation sites (tertiary alicyclic amines) is 1. The highest BCUT2D eigenvalue weighted by atomic mass is 79.9. The maximum atomic E-state index is 13.0. The average molecular weight is 588 g/mol. The zero-order chi connectivity index (χ0) is 24.0. The van der Waals surface area contributed by atoms with Crippen molar-refractivity contribution < 1.29 is 33.4 Å². The number of alkyl halides is 2. The van der Waals surface area contributed by atoms with Crippen molar-refractivity contribution in [3.8, 4) is 11.5 Å². The van der Waals surface area contributed by atoms with Crippen LogP contribution in [0.1, 0.15) is 13.3 Å². The lowest BCUT2D eigenvalue weighted by molar-refractivity contribution is -0.159. The summed E-state index contributed by atoms with van der Waals surface area (Å²) in [7, 11) is 2.96. The number of esters is 1. The Balaban J connectivity index is 1.36. The molecule has 1 aromatic carbocycles. The van der Waals surface area contributed by atoms with Gasteiger partial charge in [0.15, 0.2) is 6.61 Å². The predicted molar refractivity (Wildman–Crippen MR) is 124 cm³/mol. The van der Waals surface area contributed by atoms with E-state index in [2.05, 4.69) is 37.2 Å². The first-order valence-corrected chi connectivity index (χ1v) is 12.4. The molecule has 1 N–H and O–H groups in total. The standard InChI is InChI=1S/C22H24Br2N2O7/c1-9(26-20(28)16-11-7-12(17(16)21(26)29)19(24)18(11)23)22(30)33-8-15(27)25-13-5-4-10(31-2)6-14(13)32-3/h4-6,9,11-12,16-19H,7-8H2,1-3H3,(H,25,27)/t9-,11+,12+,16+,17+,18-,19+/m0/s1. The fraction of sp³-hybridized carbons (Fsp3) is 0.545. The van der Waals surface area contributed by atoms with E-state index in [1.54, 1.807) is 18.2 Å². The van der Waals surface area contributed by atoms with Crippen molar-refractivity contribution in [2.45, 2.75) is 29.0 Å². The van der Waals surface area contributed by atoms with E-state index in [0.29, 0.717) is 17.2 Å². The predicted octanol–water partition coefficient (Wildman–Crippen LogP) is 2.35. The van der Waals surface area contributed by atoms with Gasteiger partial charge in [0.1, 0.15) is 17.5 Å². The number of fused-ring (bicyclic) bond motifs is 5. The lowest BCUT2D eigenvalue weighted by Gasteiger charge is -2.28.